The highest BCUT2D eigenvalue weighted by molar-refractivity contribution is 7.19. The largest absolute Gasteiger partial charge is 0.482 e. The topological polar surface area (TPSA) is 169 Å². The Balaban J connectivity index is 0.800. The molecule has 9 rings (SSSR count). The summed E-state index contributed by atoms with van der Waals surface area (Å²) in [6.07, 6.45) is 4.55. The normalized spacial score (nSPS) is 17.3. The molecule has 3 N–H and O–H groups in total. The number of pyridine rings is 1. The fraction of sp³-hybridized carbons (Fsp3) is 0.359. The molecular formula is C39H42FN13O3S. The first-order valence-electron chi connectivity index (χ1n) is 18.9. The quantitative estimate of drug-likeness (QED) is 0.199. The lowest BCUT2D eigenvalue weighted by Gasteiger charge is -2.44. The van der Waals surface area contributed by atoms with Crippen molar-refractivity contribution in [2.45, 2.75) is 26.4 Å². The molecule has 18 heteroatoms. The molecule has 4 aromatic heterocycles. The molecule has 7 heterocycles. The van der Waals surface area contributed by atoms with Crippen molar-refractivity contribution in [1.82, 2.24) is 45.0 Å². The van der Waals surface area contributed by atoms with Gasteiger partial charge in [0.15, 0.2) is 22.5 Å². The summed E-state index contributed by atoms with van der Waals surface area (Å²) in [6.45, 7) is 10.8. The number of nitrogens with two attached hydrogens (primary N) is 1. The zero-order chi connectivity index (χ0) is 39.4. The monoisotopic (exact) mass is 791 g/mol. The minimum absolute atomic E-state index is 0.238. The zero-order valence-corrected chi connectivity index (χ0v) is 32.6. The van der Waals surface area contributed by atoms with Crippen LogP contribution < -0.4 is 30.5 Å². The Labute approximate surface area is 331 Å². The summed E-state index contributed by atoms with van der Waals surface area (Å²) < 4.78 is 22.5. The van der Waals surface area contributed by atoms with E-state index < -0.39 is 12.1 Å². The van der Waals surface area contributed by atoms with E-state index in [-0.39, 0.29) is 24.0 Å². The van der Waals surface area contributed by atoms with Gasteiger partial charge in [-0.3, -0.25) is 24.6 Å². The second kappa shape index (κ2) is 14.7. The number of amides is 3. The molecule has 57 heavy (non-hydrogen) atoms. The third kappa shape index (κ3) is 7.10. The summed E-state index contributed by atoms with van der Waals surface area (Å²) in [5.74, 6) is 1.13. The molecule has 0 spiro atoms. The number of hydrogen-bond acceptors (Lipinski definition) is 13. The van der Waals surface area contributed by atoms with E-state index >= 15 is 0 Å². The maximum absolute atomic E-state index is 14.4. The van der Waals surface area contributed by atoms with Crippen molar-refractivity contribution in [2.24, 2.45) is 13.0 Å². The zero-order valence-electron chi connectivity index (χ0n) is 31.8. The predicted molar refractivity (Wildman–Crippen MR) is 215 cm³/mol. The minimum Gasteiger partial charge on any atom is -0.482 e. The van der Waals surface area contributed by atoms with Gasteiger partial charge in [0.2, 0.25) is 5.91 Å². The van der Waals surface area contributed by atoms with Gasteiger partial charge in [-0.05, 0) is 56.3 Å². The van der Waals surface area contributed by atoms with Crippen LogP contribution >= 0.6 is 11.3 Å². The summed E-state index contributed by atoms with van der Waals surface area (Å²) in [5, 5.41) is 17.3. The number of carbonyl (C=O) groups is 2. The second-order valence-corrected chi connectivity index (χ2v) is 15.7. The standard InChI is InChI=1S/C39H42FN13O3S/c1-23-35(26-16-33(36(41)42-19-26)56-24(2)30-17-27(40)4-7-31(30)53-43-9-10-44-53)57-39(45-23)50-14-12-49(13-15-50)20-25-21-51(22-25)28-5-6-29-32(18-28)48(3)47-37(29)52-11-8-34(54)46-38(52)55/h4-7,9-10,16-19,24-25H,8,11-15,20-22H2,1-3H3,(H2,41,42)(H,46,54,55)/t24-/m0/s1. The highest BCUT2D eigenvalue weighted by Crippen LogP contribution is 2.39. The molecule has 0 saturated carbocycles. The molecule has 16 nitrogen and oxygen atoms in total. The van der Waals surface area contributed by atoms with Crippen LogP contribution in [0.2, 0.25) is 0 Å². The Bertz CT molecular complexity index is 2470. The van der Waals surface area contributed by atoms with E-state index in [1.165, 1.54) is 21.8 Å². The van der Waals surface area contributed by atoms with Crippen molar-refractivity contribution >= 4 is 56.6 Å². The maximum atomic E-state index is 14.4. The van der Waals surface area contributed by atoms with Crippen LogP contribution in [0.5, 0.6) is 5.75 Å². The van der Waals surface area contributed by atoms with Crippen molar-refractivity contribution < 1.29 is 18.7 Å². The van der Waals surface area contributed by atoms with E-state index in [4.69, 9.17) is 15.5 Å². The van der Waals surface area contributed by atoms with Gasteiger partial charge in [-0.2, -0.15) is 20.1 Å². The fourth-order valence-corrected chi connectivity index (χ4v) is 8.96. The molecule has 3 amide bonds. The molecule has 0 radical (unpaired) electrons. The van der Waals surface area contributed by atoms with Gasteiger partial charge in [-0.1, -0.05) is 11.3 Å². The smallest absolute Gasteiger partial charge is 0.329 e. The van der Waals surface area contributed by atoms with Crippen LogP contribution in [-0.2, 0) is 11.8 Å². The van der Waals surface area contributed by atoms with Crippen molar-refractivity contribution in [1.29, 1.82) is 0 Å². The van der Waals surface area contributed by atoms with Gasteiger partial charge < -0.3 is 20.3 Å². The van der Waals surface area contributed by atoms with E-state index in [1.807, 2.05) is 33.0 Å². The Morgan fingerprint density at radius 2 is 1.81 bits per heavy atom. The molecule has 3 aliphatic rings. The number of ether oxygens (including phenoxy) is 1. The van der Waals surface area contributed by atoms with Gasteiger partial charge in [-0.15, -0.1) is 0 Å². The van der Waals surface area contributed by atoms with Crippen molar-refractivity contribution in [3.63, 3.8) is 0 Å². The van der Waals surface area contributed by atoms with Gasteiger partial charge >= 0.3 is 6.03 Å². The Hall–Kier alpha value is -6.14. The van der Waals surface area contributed by atoms with Crippen LogP contribution in [0.1, 0.15) is 30.7 Å². The SMILES string of the molecule is Cc1nc(N2CCN(CC3CN(c4ccc5c(N6CCC(=O)NC6=O)nn(C)c5c4)C3)CC2)sc1-c1cnc(N)c(O[C@@H](C)c2cc(F)ccc2-n2nccn2)c1. The molecule has 3 fully saturated rings. The lowest BCUT2D eigenvalue weighted by atomic mass is 9.98. The molecule has 3 saturated heterocycles. The van der Waals surface area contributed by atoms with E-state index in [2.05, 4.69) is 52.4 Å². The summed E-state index contributed by atoms with van der Waals surface area (Å²) >= 11 is 1.63. The number of nitrogens with one attached hydrogen (secondary N) is 1. The number of piperazine rings is 1. The highest BCUT2D eigenvalue weighted by atomic mass is 32.1. The van der Waals surface area contributed by atoms with Crippen LogP contribution in [-0.4, -0.2) is 104 Å². The Kier molecular flexibility index (Phi) is 9.44. The fourth-order valence-electron chi connectivity index (χ4n) is 7.86. The van der Waals surface area contributed by atoms with Gasteiger partial charge in [-0.25, -0.2) is 19.2 Å². The highest BCUT2D eigenvalue weighted by Gasteiger charge is 2.32. The number of urea groups is 1. The predicted octanol–water partition coefficient (Wildman–Crippen LogP) is 4.55. The Morgan fingerprint density at radius 3 is 2.58 bits per heavy atom. The molecule has 6 aromatic rings. The van der Waals surface area contributed by atoms with E-state index in [0.29, 0.717) is 35.3 Å². The number of anilines is 4. The van der Waals surface area contributed by atoms with Crippen LogP contribution in [0.25, 0.3) is 27.0 Å². The number of benzene rings is 2. The van der Waals surface area contributed by atoms with E-state index in [1.54, 1.807) is 40.7 Å². The number of aromatic nitrogens is 7. The number of imide groups is 1. The minimum atomic E-state index is -0.574. The number of rotatable bonds is 10. The first kappa shape index (κ1) is 36.5. The summed E-state index contributed by atoms with van der Waals surface area (Å²) in [5.41, 5.74) is 11.3. The molecule has 294 valence electrons. The number of nitrogens with zero attached hydrogens (tertiary/aromatic N) is 11. The number of hydrogen-bond donors (Lipinski definition) is 2. The van der Waals surface area contributed by atoms with Crippen LogP contribution in [0.4, 0.5) is 31.6 Å². The van der Waals surface area contributed by atoms with Crippen LogP contribution in [0.15, 0.2) is 61.1 Å². The first-order valence-corrected chi connectivity index (χ1v) is 19.8. The van der Waals surface area contributed by atoms with Gasteiger partial charge in [0.25, 0.3) is 0 Å². The van der Waals surface area contributed by atoms with E-state index in [9.17, 15) is 14.0 Å². The third-order valence-corrected chi connectivity index (χ3v) is 12.2. The van der Waals surface area contributed by atoms with Crippen molar-refractivity contribution in [2.75, 3.05) is 72.8 Å². The molecule has 0 unspecified atom stereocenters. The average molecular weight is 792 g/mol. The molecular weight excluding hydrogens is 750 g/mol. The van der Waals surface area contributed by atoms with Gasteiger partial charge in [0, 0.05) is 100 Å². The summed E-state index contributed by atoms with van der Waals surface area (Å²) in [6, 6.07) is 12.1. The summed E-state index contributed by atoms with van der Waals surface area (Å²) in [4.78, 5) is 44.8. The molecule has 2 aromatic carbocycles. The Morgan fingerprint density at radius 1 is 1.02 bits per heavy atom. The molecule has 0 bridgehead atoms. The number of carbonyl (C=O) groups excluding carboxylic acids is 2. The molecule has 1 atom stereocenters. The lowest BCUT2D eigenvalue weighted by Crippen LogP contribution is -2.55. The molecule has 0 aliphatic carbocycles. The summed E-state index contributed by atoms with van der Waals surface area (Å²) in [7, 11) is 1.88. The molecule has 3 aliphatic heterocycles. The average Bonchev–Trinajstić information content (AvgIpc) is 3.94. The van der Waals surface area contributed by atoms with Crippen molar-refractivity contribution in [3.05, 3.63) is 78.1 Å². The third-order valence-electron chi connectivity index (χ3n) is 10.9. The maximum Gasteiger partial charge on any atom is 0.329 e. The van der Waals surface area contributed by atoms with E-state index in [0.717, 1.165) is 83.7 Å². The van der Waals surface area contributed by atoms with Crippen molar-refractivity contribution in [3.8, 4) is 21.9 Å². The first-order chi connectivity index (χ1) is 27.6. The number of fused-ring (bicyclic) bond motifs is 1. The second-order valence-electron chi connectivity index (χ2n) is 14.8. The van der Waals surface area contributed by atoms with Gasteiger partial charge in [0.05, 0.1) is 34.2 Å². The lowest BCUT2D eigenvalue weighted by molar-refractivity contribution is -0.120. The van der Waals surface area contributed by atoms with Gasteiger partial charge in [0.1, 0.15) is 11.9 Å². The van der Waals surface area contributed by atoms with Crippen LogP contribution in [0, 0.1) is 18.7 Å². The number of aryl methyl sites for hydroxylation is 2. The number of halogens is 1. The van der Waals surface area contributed by atoms with Crippen LogP contribution in [0.3, 0.4) is 0 Å². The number of nitrogen functional groups attached to an aromatic ring is 1. The number of thiazole rings is 1.